The standard InChI is InChI=1S/C10H12N4O2S/c15-17(16,7-9-4-2-1-3-5-9)13-6-10-11-8-12-14-10/h1-5,8,13H,6-7H2,(H,11,12,14). The summed E-state index contributed by atoms with van der Waals surface area (Å²) in [7, 11) is -3.35. The molecule has 90 valence electrons. The van der Waals surface area contributed by atoms with Gasteiger partial charge in [-0.2, -0.15) is 5.10 Å². The lowest BCUT2D eigenvalue weighted by Crippen LogP contribution is -2.25. The third kappa shape index (κ3) is 3.65. The summed E-state index contributed by atoms with van der Waals surface area (Å²) in [6, 6.07) is 9.00. The van der Waals surface area contributed by atoms with E-state index in [0.29, 0.717) is 5.82 Å². The molecule has 1 aromatic carbocycles. The molecule has 0 amide bonds. The summed E-state index contributed by atoms with van der Waals surface area (Å²) in [6.07, 6.45) is 1.33. The largest absolute Gasteiger partial charge is 0.262 e. The number of sulfonamides is 1. The summed E-state index contributed by atoms with van der Waals surface area (Å²) in [5, 5.41) is 6.22. The van der Waals surface area contributed by atoms with Crippen LogP contribution < -0.4 is 4.72 Å². The molecule has 0 saturated carbocycles. The van der Waals surface area contributed by atoms with Gasteiger partial charge in [0.1, 0.15) is 12.2 Å². The van der Waals surface area contributed by atoms with Crippen LogP contribution in [0, 0.1) is 0 Å². The van der Waals surface area contributed by atoms with Gasteiger partial charge >= 0.3 is 0 Å². The molecule has 2 N–H and O–H groups in total. The van der Waals surface area contributed by atoms with Crippen LogP contribution in [-0.2, 0) is 22.3 Å². The normalized spacial score (nSPS) is 11.5. The van der Waals surface area contributed by atoms with E-state index in [1.165, 1.54) is 6.33 Å². The highest BCUT2D eigenvalue weighted by atomic mass is 32.2. The van der Waals surface area contributed by atoms with Gasteiger partial charge in [-0.25, -0.2) is 18.1 Å². The molecule has 0 bridgehead atoms. The number of aromatic nitrogens is 3. The second-order valence-electron chi connectivity index (χ2n) is 3.50. The van der Waals surface area contributed by atoms with Gasteiger partial charge in [0.25, 0.3) is 0 Å². The van der Waals surface area contributed by atoms with E-state index in [2.05, 4.69) is 19.9 Å². The average Bonchev–Trinajstić information content (AvgIpc) is 2.80. The first-order valence-electron chi connectivity index (χ1n) is 5.01. The van der Waals surface area contributed by atoms with Gasteiger partial charge in [0.15, 0.2) is 0 Å². The number of nitrogens with one attached hydrogen (secondary N) is 2. The lowest BCUT2D eigenvalue weighted by atomic mass is 10.2. The van der Waals surface area contributed by atoms with Crippen LogP contribution in [0.3, 0.4) is 0 Å². The third-order valence-corrected chi connectivity index (χ3v) is 3.42. The van der Waals surface area contributed by atoms with E-state index in [9.17, 15) is 8.42 Å². The predicted molar refractivity (Wildman–Crippen MR) is 62.3 cm³/mol. The first-order chi connectivity index (χ1) is 8.16. The number of hydrogen-bond acceptors (Lipinski definition) is 4. The quantitative estimate of drug-likeness (QED) is 0.807. The molecule has 1 heterocycles. The van der Waals surface area contributed by atoms with Crippen molar-refractivity contribution in [2.45, 2.75) is 12.3 Å². The lowest BCUT2D eigenvalue weighted by Gasteiger charge is -2.04. The van der Waals surface area contributed by atoms with E-state index < -0.39 is 10.0 Å². The Morgan fingerprint density at radius 1 is 1.24 bits per heavy atom. The first kappa shape index (κ1) is 11.7. The van der Waals surface area contributed by atoms with Gasteiger partial charge < -0.3 is 0 Å². The van der Waals surface area contributed by atoms with Crippen molar-refractivity contribution in [3.63, 3.8) is 0 Å². The highest BCUT2D eigenvalue weighted by Gasteiger charge is 2.11. The van der Waals surface area contributed by atoms with E-state index in [0.717, 1.165) is 5.56 Å². The Labute approximate surface area is 99.1 Å². The fraction of sp³-hybridized carbons (Fsp3) is 0.200. The van der Waals surface area contributed by atoms with E-state index in [-0.39, 0.29) is 12.3 Å². The Morgan fingerprint density at radius 3 is 2.65 bits per heavy atom. The van der Waals surface area contributed by atoms with Crippen molar-refractivity contribution in [2.75, 3.05) is 0 Å². The van der Waals surface area contributed by atoms with Crippen LogP contribution in [-0.4, -0.2) is 23.6 Å². The van der Waals surface area contributed by atoms with Gasteiger partial charge in [0.05, 0.1) is 12.3 Å². The monoisotopic (exact) mass is 252 g/mol. The Bertz CT molecular complexity index is 551. The lowest BCUT2D eigenvalue weighted by molar-refractivity contribution is 0.578. The SMILES string of the molecule is O=S(=O)(Cc1ccccc1)NCc1ncn[nH]1. The van der Waals surface area contributed by atoms with Crippen LogP contribution in [0.5, 0.6) is 0 Å². The molecular weight excluding hydrogens is 240 g/mol. The maximum Gasteiger partial charge on any atom is 0.216 e. The first-order valence-corrected chi connectivity index (χ1v) is 6.66. The van der Waals surface area contributed by atoms with Crippen LogP contribution in [0.1, 0.15) is 11.4 Å². The zero-order chi connectivity index (χ0) is 12.1. The van der Waals surface area contributed by atoms with Crippen molar-refractivity contribution in [1.82, 2.24) is 19.9 Å². The van der Waals surface area contributed by atoms with Gasteiger partial charge in [-0.1, -0.05) is 30.3 Å². The fourth-order valence-corrected chi connectivity index (χ4v) is 2.43. The van der Waals surface area contributed by atoms with Crippen LogP contribution in [0.2, 0.25) is 0 Å². The van der Waals surface area contributed by atoms with Crippen molar-refractivity contribution in [2.24, 2.45) is 0 Å². The minimum Gasteiger partial charge on any atom is -0.262 e. The number of rotatable bonds is 5. The Kier molecular flexibility index (Phi) is 3.50. The maximum absolute atomic E-state index is 11.7. The number of benzene rings is 1. The maximum atomic E-state index is 11.7. The highest BCUT2D eigenvalue weighted by Crippen LogP contribution is 2.04. The predicted octanol–water partition coefficient (Wildman–Crippen LogP) is 0.424. The van der Waals surface area contributed by atoms with Crippen LogP contribution in [0.15, 0.2) is 36.7 Å². The van der Waals surface area contributed by atoms with Crippen LogP contribution in [0.4, 0.5) is 0 Å². The smallest absolute Gasteiger partial charge is 0.216 e. The molecular formula is C10H12N4O2S. The highest BCUT2D eigenvalue weighted by molar-refractivity contribution is 7.88. The average molecular weight is 252 g/mol. The Morgan fingerprint density at radius 2 is 2.00 bits per heavy atom. The Balaban J connectivity index is 1.96. The van der Waals surface area contributed by atoms with Crippen molar-refractivity contribution < 1.29 is 8.42 Å². The minimum atomic E-state index is -3.35. The van der Waals surface area contributed by atoms with Crippen molar-refractivity contribution in [1.29, 1.82) is 0 Å². The molecule has 0 aliphatic rings. The molecule has 0 aliphatic carbocycles. The molecule has 2 aromatic rings. The number of nitrogens with zero attached hydrogens (tertiary/aromatic N) is 2. The zero-order valence-electron chi connectivity index (χ0n) is 9.00. The summed E-state index contributed by atoms with van der Waals surface area (Å²) in [5.74, 6) is 0.448. The number of H-pyrrole nitrogens is 1. The molecule has 0 saturated heterocycles. The molecule has 0 radical (unpaired) electrons. The van der Waals surface area contributed by atoms with E-state index in [1.54, 1.807) is 24.3 Å². The topological polar surface area (TPSA) is 87.7 Å². The molecule has 0 atom stereocenters. The van der Waals surface area contributed by atoms with Crippen molar-refractivity contribution >= 4 is 10.0 Å². The van der Waals surface area contributed by atoms with Gasteiger partial charge in [-0.05, 0) is 5.56 Å². The Hall–Kier alpha value is -1.73. The summed E-state index contributed by atoms with van der Waals surface area (Å²) in [4.78, 5) is 3.83. The van der Waals surface area contributed by atoms with Gasteiger partial charge in [0, 0.05) is 0 Å². The van der Waals surface area contributed by atoms with Gasteiger partial charge in [-0.15, -0.1) is 0 Å². The van der Waals surface area contributed by atoms with Crippen LogP contribution in [0.25, 0.3) is 0 Å². The van der Waals surface area contributed by atoms with E-state index in [4.69, 9.17) is 0 Å². The molecule has 6 nitrogen and oxygen atoms in total. The summed E-state index contributed by atoms with van der Waals surface area (Å²) in [5.41, 5.74) is 0.748. The molecule has 0 unspecified atom stereocenters. The summed E-state index contributed by atoms with van der Waals surface area (Å²) >= 11 is 0. The molecule has 0 fully saturated rings. The van der Waals surface area contributed by atoms with Gasteiger partial charge in [0.2, 0.25) is 10.0 Å². The van der Waals surface area contributed by atoms with E-state index >= 15 is 0 Å². The number of hydrogen-bond donors (Lipinski definition) is 2. The molecule has 2 rings (SSSR count). The number of aromatic amines is 1. The van der Waals surface area contributed by atoms with Crippen molar-refractivity contribution in [3.05, 3.63) is 48.0 Å². The second kappa shape index (κ2) is 5.07. The van der Waals surface area contributed by atoms with Gasteiger partial charge in [-0.3, -0.25) is 5.10 Å². The van der Waals surface area contributed by atoms with E-state index in [1.807, 2.05) is 6.07 Å². The summed E-state index contributed by atoms with van der Waals surface area (Å²) in [6.45, 7) is 0.120. The molecule has 7 heteroatoms. The second-order valence-corrected chi connectivity index (χ2v) is 5.30. The molecule has 0 spiro atoms. The summed E-state index contributed by atoms with van der Waals surface area (Å²) < 4.78 is 25.9. The zero-order valence-corrected chi connectivity index (χ0v) is 9.81. The molecule has 0 aliphatic heterocycles. The third-order valence-electron chi connectivity index (χ3n) is 2.12. The minimum absolute atomic E-state index is 0.0397. The molecule has 1 aromatic heterocycles. The molecule has 17 heavy (non-hydrogen) atoms. The fourth-order valence-electron chi connectivity index (χ4n) is 1.34. The van der Waals surface area contributed by atoms with Crippen molar-refractivity contribution in [3.8, 4) is 0 Å². The van der Waals surface area contributed by atoms with Crippen LogP contribution >= 0.6 is 0 Å².